The zero-order valence-corrected chi connectivity index (χ0v) is 19.5. The summed E-state index contributed by atoms with van der Waals surface area (Å²) in [6.45, 7) is 14.1. The fourth-order valence-corrected chi connectivity index (χ4v) is 2.63. The van der Waals surface area contributed by atoms with Crippen LogP contribution in [0.4, 0.5) is 0 Å². The van der Waals surface area contributed by atoms with E-state index >= 15 is 0 Å². The Hall–Kier alpha value is -1.24. The number of nitrogens with zero attached hydrogens (tertiary/aromatic N) is 2. The van der Waals surface area contributed by atoms with E-state index in [9.17, 15) is 0 Å². The maximum Gasteiger partial charge on any atom is 0.172 e. The van der Waals surface area contributed by atoms with Gasteiger partial charge in [0.2, 0.25) is 0 Å². The molecule has 2 aromatic rings. The van der Waals surface area contributed by atoms with Crippen molar-refractivity contribution in [3.8, 4) is 0 Å². The third kappa shape index (κ3) is 10.9. The van der Waals surface area contributed by atoms with Crippen LogP contribution in [-0.4, -0.2) is 39.6 Å². The quantitative estimate of drug-likeness (QED) is 0.249. The summed E-state index contributed by atoms with van der Waals surface area (Å²) in [5, 5.41) is 0. The first kappa shape index (κ1) is 27.8. The number of pyridine rings is 2. The van der Waals surface area contributed by atoms with Crippen LogP contribution in [0.1, 0.15) is 22.3 Å². The van der Waals surface area contributed by atoms with Gasteiger partial charge in [-0.25, -0.2) is 9.13 Å². The smallest absolute Gasteiger partial charge is 0.172 e. The molecule has 0 bridgehead atoms. The van der Waals surface area contributed by atoms with Gasteiger partial charge in [0.15, 0.2) is 37.9 Å². The lowest BCUT2D eigenvalue weighted by molar-refractivity contribution is -0.698. The van der Waals surface area contributed by atoms with Crippen molar-refractivity contribution in [2.24, 2.45) is 0 Å². The van der Waals surface area contributed by atoms with E-state index in [1.54, 1.807) is 0 Å². The van der Waals surface area contributed by atoms with E-state index in [0.717, 1.165) is 13.1 Å². The molecular weight excluding hydrogens is 411 g/mol. The molecule has 0 fully saturated rings. The minimum atomic E-state index is 0. The molecule has 2 aromatic heterocycles. The van der Waals surface area contributed by atoms with E-state index in [2.05, 4.69) is 73.7 Å². The van der Waals surface area contributed by atoms with Crippen molar-refractivity contribution in [1.29, 1.82) is 0 Å². The SMILES string of the molecule is Cc1cc[n+](CCOCCOCCOCC[n+]2ccc(C)c(C)c2)cc1C.[Cl-].[Cl-]. The number of hydrogen-bond acceptors (Lipinski definition) is 3. The Labute approximate surface area is 187 Å². The molecule has 7 heteroatoms. The van der Waals surface area contributed by atoms with E-state index in [4.69, 9.17) is 14.2 Å². The molecule has 29 heavy (non-hydrogen) atoms. The standard InChI is InChI=1S/C22H34N2O3.2ClH/c1-19-5-7-23(17-21(19)3)9-11-25-13-15-27-16-14-26-12-10-24-8-6-20(2)22(4)18-24;;/h5-8,17-18H,9-16H2,1-4H3;2*1H/q+2;;/p-2. The molecule has 0 N–H and O–H groups in total. The number of halogens is 2. The number of aromatic nitrogens is 2. The first-order valence-corrected chi connectivity index (χ1v) is 9.72. The highest BCUT2D eigenvalue weighted by molar-refractivity contribution is 5.17. The lowest BCUT2D eigenvalue weighted by Crippen LogP contribution is -3.00. The molecule has 0 radical (unpaired) electrons. The molecule has 0 saturated carbocycles. The van der Waals surface area contributed by atoms with Gasteiger partial charge < -0.3 is 39.0 Å². The second kappa shape index (κ2) is 15.6. The van der Waals surface area contributed by atoms with Gasteiger partial charge in [-0.1, -0.05) is 0 Å². The van der Waals surface area contributed by atoms with Gasteiger partial charge in [-0.15, -0.1) is 0 Å². The van der Waals surface area contributed by atoms with Crippen molar-refractivity contribution in [3.05, 3.63) is 59.2 Å². The second-order valence-corrected chi connectivity index (χ2v) is 6.93. The van der Waals surface area contributed by atoms with Crippen LogP contribution in [0.2, 0.25) is 0 Å². The minimum Gasteiger partial charge on any atom is -1.00 e. The maximum atomic E-state index is 5.62. The maximum absolute atomic E-state index is 5.62. The average molecular weight is 445 g/mol. The van der Waals surface area contributed by atoms with Crippen LogP contribution >= 0.6 is 0 Å². The zero-order valence-electron chi connectivity index (χ0n) is 18.0. The third-order valence-electron chi connectivity index (χ3n) is 4.73. The Morgan fingerprint density at radius 1 is 0.552 bits per heavy atom. The molecular formula is C22H34Cl2N2O3. The van der Waals surface area contributed by atoms with Gasteiger partial charge in [0.05, 0.1) is 26.4 Å². The highest BCUT2D eigenvalue weighted by Crippen LogP contribution is 2.01. The molecule has 0 aromatic carbocycles. The van der Waals surface area contributed by atoms with Crippen LogP contribution in [0.3, 0.4) is 0 Å². The van der Waals surface area contributed by atoms with Gasteiger partial charge >= 0.3 is 0 Å². The van der Waals surface area contributed by atoms with Gasteiger partial charge in [0, 0.05) is 23.3 Å². The van der Waals surface area contributed by atoms with E-state index in [1.165, 1.54) is 22.3 Å². The third-order valence-corrected chi connectivity index (χ3v) is 4.73. The van der Waals surface area contributed by atoms with E-state index in [1.807, 2.05) is 0 Å². The van der Waals surface area contributed by atoms with Crippen molar-refractivity contribution >= 4 is 0 Å². The van der Waals surface area contributed by atoms with Gasteiger partial charge in [-0.05, 0) is 38.8 Å². The highest BCUT2D eigenvalue weighted by Gasteiger charge is 2.04. The van der Waals surface area contributed by atoms with Gasteiger partial charge in [-0.2, -0.15) is 0 Å². The molecule has 2 rings (SSSR count). The lowest BCUT2D eigenvalue weighted by atomic mass is 10.2. The number of ether oxygens (including phenoxy) is 3. The van der Waals surface area contributed by atoms with E-state index in [-0.39, 0.29) is 24.8 Å². The molecule has 2 heterocycles. The predicted molar refractivity (Wildman–Crippen MR) is 105 cm³/mol. The summed E-state index contributed by atoms with van der Waals surface area (Å²) in [6, 6.07) is 4.27. The highest BCUT2D eigenvalue weighted by atomic mass is 35.5. The zero-order chi connectivity index (χ0) is 19.5. The van der Waals surface area contributed by atoms with Crippen molar-refractivity contribution in [2.75, 3.05) is 39.6 Å². The Morgan fingerprint density at radius 3 is 1.24 bits per heavy atom. The Kier molecular flexibility index (Phi) is 14.9. The van der Waals surface area contributed by atoms with E-state index < -0.39 is 0 Å². The van der Waals surface area contributed by atoms with Crippen LogP contribution in [0.5, 0.6) is 0 Å². The molecule has 0 aliphatic rings. The van der Waals surface area contributed by atoms with Crippen molar-refractivity contribution in [1.82, 2.24) is 0 Å². The van der Waals surface area contributed by atoms with Crippen LogP contribution in [0.15, 0.2) is 36.9 Å². The summed E-state index contributed by atoms with van der Waals surface area (Å²) in [4.78, 5) is 0. The summed E-state index contributed by atoms with van der Waals surface area (Å²) in [5.41, 5.74) is 5.24. The second-order valence-electron chi connectivity index (χ2n) is 6.93. The fourth-order valence-electron chi connectivity index (χ4n) is 2.63. The topological polar surface area (TPSA) is 35.5 Å². The van der Waals surface area contributed by atoms with E-state index in [0.29, 0.717) is 39.6 Å². The monoisotopic (exact) mass is 444 g/mol. The summed E-state index contributed by atoms with van der Waals surface area (Å²) in [7, 11) is 0. The molecule has 164 valence electrons. The summed E-state index contributed by atoms with van der Waals surface area (Å²) in [6.07, 6.45) is 8.50. The Morgan fingerprint density at radius 2 is 0.897 bits per heavy atom. The summed E-state index contributed by atoms with van der Waals surface area (Å²) in [5.74, 6) is 0. The molecule has 0 aliphatic heterocycles. The van der Waals surface area contributed by atoms with Crippen LogP contribution in [0.25, 0.3) is 0 Å². The normalized spacial score (nSPS) is 10.3. The lowest BCUT2D eigenvalue weighted by Gasteiger charge is -2.06. The van der Waals surface area contributed by atoms with Crippen LogP contribution in [0, 0.1) is 27.7 Å². The fraction of sp³-hybridized carbons (Fsp3) is 0.545. The Balaban J connectivity index is 0.00000392. The number of rotatable bonds is 12. The van der Waals surface area contributed by atoms with Crippen molar-refractivity contribution in [2.45, 2.75) is 40.8 Å². The van der Waals surface area contributed by atoms with Crippen molar-refractivity contribution in [3.63, 3.8) is 0 Å². The first-order valence-electron chi connectivity index (χ1n) is 9.72. The summed E-state index contributed by atoms with van der Waals surface area (Å²) >= 11 is 0. The Bertz CT molecular complexity index is 655. The van der Waals surface area contributed by atoms with Crippen LogP contribution < -0.4 is 33.9 Å². The average Bonchev–Trinajstić information content (AvgIpc) is 2.65. The largest absolute Gasteiger partial charge is 1.00 e. The summed E-state index contributed by atoms with van der Waals surface area (Å²) < 4.78 is 21.1. The molecule has 0 spiro atoms. The predicted octanol–water partition coefficient (Wildman–Crippen LogP) is -3.75. The minimum absolute atomic E-state index is 0. The number of aryl methyl sites for hydroxylation is 4. The molecule has 0 amide bonds. The van der Waals surface area contributed by atoms with Gasteiger partial charge in [0.1, 0.15) is 13.2 Å². The van der Waals surface area contributed by atoms with Gasteiger partial charge in [0.25, 0.3) is 0 Å². The first-order chi connectivity index (χ1) is 13.1. The van der Waals surface area contributed by atoms with Gasteiger partial charge in [-0.3, -0.25) is 0 Å². The molecule has 0 unspecified atom stereocenters. The van der Waals surface area contributed by atoms with Crippen molar-refractivity contribution < 1.29 is 48.2 Å². The number of hydrogen-bond donors (Lipinski definition) is 0. The molecule has 5 nitrogen and oxygen atoms in total. The molecule has 0 aliphatic carbocycles. The molecule has 0 atom stereocenters. The molecule has 0 saturated heterocycles. The van der Waals surface area contributed by atoms with Crippen LogP contribution in [-0.2, 0) is 27.3 Å².